The third kappa shape index (κ3) is 1.60. The summed E-state index contributed by atoms with van der Waals surface area (Å²) in [6.07, 6.45) is 5.67. The molecule has 0 bridgehead atoms. The molecule has 1 fully saturated rings. The molecule has 1 saturated carbocycles. The molecule has 2 spiro atoms. The normalized spacial score (nSPS) is 27.0. The number of aryl methyl sites for hydroxylation is 1. The molecule has 4 nitrogen and oxygen atoms in total. The molecule has 3 heterocycles. The zero-order valence-electron chi connectivity index (χ0n) is 13.9. The van der Waals surface area contributed by atoms with Gasteiger partial charge in [0.05, 0.1) is 0 Å². The highest BCUT2D eigenvalue weighted by molar-refractivity contribution is 6.09. The Bertz CT molecular complexity index is 931. The van der Waals surface area contributed by atoms with Crippen molar-refractivity contribution in [2.45, 2.75) is 43.1 Å². The lowest BCUT2D eigenvalue weighted by molar-refractivity contribution is -0.119. The summed E-state index contributed by atoms with van der Waals surface area (Å²) in [5, 5.41) is 3.03. The first-order valence-electron chi connectivity index (χ1n) is 9.10. The number of hydrogen-bond donors (Lipinski definition) is 1. The van der Waals surface area contributed by atoms with Crippen LogP contribution in [-0.2, 0) is 16.6 Å². The Morgan fingerprint density at radius 3 is 2.72 bits per heavy atom. The number of nitrogens with one attached hydrogen (secondary N) is 1. The second-order valence-corrected chi connectivity index (χ2v) is 7.79. The second kappa shape index (κ2) is 4.37. The monoisotopic (exact) mass is 333 g/mol. The van der Waals surface area contributed by atoms with Gasteiger partial charge >= 0.3 is 0 Å². The van der Waals surface area contributed by atoms with E-state index in [0.717, 1.165) is 54.0 Å². The van der Waals surface area contributed by atoms with Crippen LogP contribution in [0.3, 0.4) is 0 Å². The van der Waals surface area contributed by atoms with Gasteiger partial charge in [-0.3, -0.25) is 4.79 Å². The number of ether oxygens (including phenoxy) is 2. The second-order valence-electron chi connectivity index (χ2n) is 7.79. The zero-order chi connectivity index (χ0) is 16.6. The maximum absolute atomic E-state index is 12.9. The van der Waals surface area contributed by atoms with Crippen LogP contribution in [0.4, 0.5) is 5.69 Å². The van der Waals surface area contributed by atoms with E-state index in [1.165, 1.54) is 12.0 Å². The lowest BCUT2D eigenvalue weighted by Crippen LogP contribution is -2.45. The van der Waals surface area contributed by atoms with Gasteiger partial charge in [0, 0.05) is 11.3 Å². The fourth-order valence-corrected chi connectivity index (χ4v) is 4.91. The van der Waals surface area contributed by atoms with E-state index in [4.69, 9.17) is 9.47 Å². The maximum Gasteiger partial charge on any atom is 0.243 e. The van der Waals surface area contributed by atoms with Crippen molar-refractivity contribution in [2.24, 2.45) is 0 Å². The predicted octanol–water partition coefficient (Wildman–Crippen LogP) is 3.56. The molecule has 1 unspecified atom stereocenters. The molecule has 1 N–H and O–H groups in total. The summed E-state index contributed by atoms with van der Waals surface area (Å²) in [4.78, 5) is 12.9. The van der Waals surface area contributed by atoms with Crippen molar-refractivity contribution in [1.82, 2.24) is 0 Å². The molecule has 0 saturated heterocycles. The molecule has 4 heteroatoms. The Hall–Kier alpha value is -2.49. The number of anilines is 1. The molecule has 1 aliphatic carbocycles. The van der Waals surface area contributed by atoms with E-state index in [0.29, 0.717) is 6.61 Å². The predicted molar refractivity (Wildman–Crippen MR) is 93.3 cm³/mol. The van der Waals surface area contributed by atoms with Crippen molar-refractivity contribution in [1.29, 1.82) is 0 Å². The summed E-state index contributed by atoms with van der Waals surface area (Å²) >= 11 is 0. The van der Waals surface area contributed by atoms with Crippen molar-refractivity contribution in [3.63, 3.8) is 0 Å². The van der Waals surface area contributed by atoms with Crippen LogP contribution in [0.1, 0.15) is 42.4 Å². The molecule has 1 amide bonds. The average molecular weight is 333 g/mol. The first-order chi connectivity index (χ1) is 12.2. The third-order valence-electron chi connectivity index (χ3n) is 6.53. The van der Waals surface area contributed by atoms with Gasteiger partial charge < -0.3 is 14.8 Å². The molecular formula is C21H19NO3. The summed E-state index contributed by atoms with van der Waals surface area (Å²) in [6, 6.07) is 12.1. The van der Waals surface area contributed by atoms with Gasteiger partial charge in [0.1, 0.15) is 29.1 Å². The molecule has 4 aliphatic rings. The Morgan fingerprint density at radius 2 is 1.88 bits per heavy atom. The summed E-state index contributed by atoms with van der Waals surface area (Å²) in [5.41, 5.74) is 3.36. The van der Waals surface area contributed by atoms with E-state index in [1.807, 2.05) is 24.3 Å². The van der Waals surface area contributed by atoms with Gasteiger partial charge in [-0.05, 0) is 61.4 Å². The number of para-hydroxylation sites is 1. The van der Waals surface area contributed by atoms with Gasteiger partial charge in [-0.2, -0.15) is 0 Å². The Kier molecular flexibility index (Phi) is 2.40. The molecule has 0 radical (unpaired) electrons. The fourth-order valence-electron chi connectivity index (χ4n) is 4.91. The molecule has 2 aromatic rings. The Balaban J connectivity index is 1.53. The fraction of sp³-hybridized carbons (Fsp3) is 0.381. The first kappa shape index (κ1) is 13.8. The molecule has 126 valence electrons. The minimum Gasteiger partial charge on any atom is -0.491 e. The number of fused-ring (bicyclic) bond motifs is 5. The molecule has 0 aromatic heterocycles. The van der Waals surface area contributed by atoms with Crippen LogP contribution in [0.15, 0.2) is 36.4 Å². The van der Waals surface area contributed by atoms with Crippen LogP contribution in [0.25, 0.3) is 0 Å². The average Bonchev–Trinajstić information content (AvgIpc) is 3.11. The Morgan fingerprint density at radius 1 is 1.00 bits per heavy atom. The lowest BCUT2D eigenvalue weighted by atomic mass is 9.73. The summed E-state index contributed by atoms with van der Waals surface area (Å²) in [7, 11) is 0. The number of rotatable bonds is 0. The van der Waals surface area contributed by atoms with Crippen molar-refractivity contribution in [2.75, 3.05) is 11.9 Å². The van der Waals surface area contributed by atoms with Crippen LogP contribution in [0, 0.1) is 0 Å². The quantitative estimate of drug-likeness (QED) is 0.802. The molecule has 2 aromatic carbocycles. The van der Waals surface area contributed by atoms with Gasteiger partial charge in [-0.25, -0.2) is 0 Å². The van der Waals surface area contributed by atoms with Crippen LogP contribution in [-0.4, -0.2) is 18.1 Å². The van der Waals surface area contributed by atoms with Gasteiger partial charge in [0.15, 0.2) is 0 Å². The van der Waals surface area contributed by atoms with Gasteiger partial charge in [-0.1, -0.05) is 18.2 Å². The highest BCUT2D eigenvalue weighted by Crippen LogP contribution is 2.53. The molecular weight excluding hydrogens is 314 g/mol. The van der Waals surface area contributed by atoms with Crippen molar-refractivity contribution < 1.29 is 14.3 Å². The topological polar surface area (TPSA) is 47.6 Å². The SMILES string of the molecule is O=C1Nc2ccccc2C12COc1cc3c(cc12)OC1(CCC1)CC3. The molecule has 6 rings (SSSR count). The Labute approximate surface area is 146 Å². The van der Waals surface area contributed by atoms with Gasteiger partial charge in [0.2, 0.25) is 5.91 Å². The van der Waals surface area contributed by atoms with Gasteiger partial charge in [0.25, 0.3) is 0 Å². The molecule has 25 heavy (non-hydrogen) atoms. The van der Waals surface area contributed by atoms with Crippen LogP contribution in [0.5, 0.6) is 11.5 Å². The van der Waals surface area contributed by atoms with Gasteiger partial charge in [-0.15, -0.1) is 0 Å². The number of hydrogen-bond acceptors (Lipinski definition) is 3. The van der Waals surface area contributed by atoms with Crippen molar-refractivity contribution in [3.05, 3.63) is 53.1 Å². The smallest absolute Gasteiger partial charge is 0.243 e. The minimum atomic E-state index is -0.742. The van der Waals surface area contributed by atoms with E-state index in [2.05, 4.69) is 17.4 Å². The highest BCUT2D eigenvalue weighted by Gasteiger charge is 2.54. The first-order valence-corrected chi connectivity index (χ1v) is 9.10. The van der Waals surface area contributed by atoms with Crippen molar-refractivity contribution in [3.8, 4) is 11.5 Å². The summed E-state index contributed by atoms with van der Waals surface area (Å²) in [6.45, 7) is 0.360. The minimum absolute atomic E-state index is 0.00145. The zero-order valence-corrected chi connectivity index (χ0v) is 13.9. The van der Waals surface area contributed by atoms with E-state index < -0.39 is 5.41 Å². The number of benzene rings is 2. The number of amides is 1. The van der Waals surface area contributed by atoms with E-state index in [1.54, 1.807) is 0 Å². The van der Waals surface area contributed by atoms with Crippen LogP contribution in [0.2, 0.25) is 0 Å². The molecule has 1 atom stereocenters. The summed E-state index contributed by atoms with van der Waals surface area (Å²) in [5.74, 6) is 1.78. The number of carbonyl (C=O) groups is 1. The molecule has 3 aliphatic heterocycles. The van der Waals surface area contributed by atoms with E-state index in [-0.39, 0.29) is 11.5 Å². The van der Waals surface area contributed by atoms with E-state index >= 15 is 0 Å². The number of carbonyl (C=O) groups excluding carboxylic acids is 1. The van der Waals surface area contributed by atoms with E-state index in [9.17, 15) is 4.79 Å². The maximum atomic E-state index is 12.9. The highest BCUT2D eigenvalue weighted by atomic mass is 16.5. The van der Waals surface area contributed by atoms with Crippen LogP contribution >= 0.6 is 0 Å². The van der Waals surface area contributed by atoms with Crippen molar-refractivity contribution >= 4 is 11.6 Å². The lowest BCUT2D eigenvalue weighted by Gasteiger charge is -2.45. The third-order valence-corrected chi connectivity index (χ3v) is 6.53. The largest absolute Gasteiger partial charge is 0.491 e. The standard InChI is InChI=1S/C21H19NO3/c23-19-21(14-4-1-2-5-16(14)22-19)12-24-18-10-13-6-9-20(7-3-8-20)25-17(13)11-15(18)21/h1-2,4-5,10-11H,3,6-9,12H2,(H,22,23). The summed E-state index contributed by atoms with van der Waals surface area (Å²) < 4.78 is 12.4. The van der Waals surface area contributed by atoms with Crippen LogP contribution < -0.4 is 14.8 Å².